The van der Waals surface area contributed by atoms with Crippen LogP contribution in [0.3, 0.4) is 0 Å². The van der Waals surface area contributed by atoms with Crippen molar-refractivity contribution in [1.82, 2.24) is 0 Å². The molecule has 1 atom stereocenters. The molecule has 4 aromatic carbocycles. The molecular formula is C31H28N6O6S. The number of nitrogens with zero attached hydrogens (tertiary/aromatic N) is 6. The number of azo groups is 2. The van der Waals surface area contributed by atoms with Gasteiger partial charge in [-0.15, -0.1) is 10.2 Å². The lowest BCUT2D eigenvalue weighted by Gasteiger charge is -2.12. The van der Waals surface area contributed by atoms with Gasteiger partial charge in [0.1, 0.15) is 27.8 Å². The molecule has 0 spiro atoms. The van der Waals surface area contributed by atoms with Gasteiger partial charge in [0.15, 0.2) is 11.8 Å². The van der Waals surface area contributed by atoms with E-state index in [1.807, 2.05) is 31.2 Å². The number of ether oxygens (including phenoxy) is 1. The molecule has 2 N–H and O–H groups in total. The molecule has 1 amide bonds. The summed E-state index contributed by atoms with van der Waals surface area (Å²) in [5, 5.41) is 45.8. The molecule has 5 rings (SSSR count). The highest BCUT2D eigenvalue weighted by Crippen LogP contribution is 2.42. The number of aromatic hydroxyl groups is 2. The van der Waals surface area contributed by atoms with Gasteiger partial charge in [-0.05, 0) is 62.1 Å². The molecule has 1 aliphatic rings. The van der Waals surface area contributed by atoms with Gasteiger partial charge in [0.05, 0.1) is 24.2 Å². The van der Waals surface area contributed by atoms with E-state index in [4.69, 9.17) is 4.74 Å². The highest BCUT2D eigenvalue weighted by atomic mass is 32.2. The molecule has 12 nitrogen and oxygen atoms in total. The van der Waals surface area contributed by atoms with Gasteiger partial charge in [0.25, 0.3) is 5.91 Å². The van der Waals surface area contributed by atoms with Crippen LogP contribution < -0.4 is 9.75 Å². The third-order valence-electron chi connectivity index (χ3n) is 6.97. The first-order valence-corrected chi connectivity index (χ1v) is 14.8. The standard InChI is InChI=1S/C31H28N6O6S/c1-6-44(41,42)27-16-25(38)24(15-26(27)43-5)33-34-28-18(3)13-20-9-10-21(14-23(20)30(28)39)32-35-29-19(4)36-37(31(29)40)22-11-7-17(2)8-12-22/h6-16,29,38-39H,1H2,2-5H3. The number of amides is 1. The van der Waals surface area contributed by atoms with Crippen molar-refractivity contribution in [2.75, 3.05) is 12.1 Å². The number of phenolic OH excluding ortho intramolecular Hbond substituents is 2. The van der Waals surface area contributed by atoms with Crippen LogP contribution in [0.2, 0.25) is 0 Å². The van der Waals surface area contributed by atoms with Gasteiger partial charge in [-0.2, -0.15) is 20.3 Å². The summed E-state index contributed by atoms with van der Waals surface area (Å²) in [5.74, 6) is -1.05. The maximum Gasteiger partial charge on any atom is 0.280 e. The minimum absolute atomic E-state index is 0.0610. The van der Waals surface area contributed by atoms with Crippen LogP contribution in [0, 0.1) is 13.8 Å². The van der Waals surface area contributed by atoms with Crippen molar-refractivity contribution in [2.24, 2.45) is 25.6 Å². The fourth-order valence-corrected chi connectivity index (χ4v) is 5.44. The average Bonchev–Trinajstić information content (AvgIpc) is 3.29. The summed E-state index contributed by atoms with van der Waals surface area (Å²) in [7, 11) is -2.62. The summed E-state index contributed by atoms with van der Waals surface area (Å²) in [6.45, 7) is 8.68. The smallest absolute Gasteiger partial charge is 0.280 e. The number of hydrogen-bond acceptors (Lipinski definition) is 11. The van der Waals surface area contributed by atoms with Crippen LogP contribution in [-0.2, 0) is 14.6 Å². The van der Waals surface area contributed by atoms with Gasteiger partial charge in [0.2, 0.25) is 9.84 Å². The van der Waals surface area contributed by atoms with Crippen molar-refractivity contribution in [2.45, 2.75) is 31.7 Å². The number of anilines is 1. The minimum atomic E-state index is -3.90. The van der Waals surface area contributed by atoms with E-state index in [0.29, 0.717) is 33.4 Å². The molecule has 0 saturated heterocycles. The molecule has 1 unspecified atom stereocenters. The van der Waals surface area contributed by atoms with Crippen molar-refractivity contribution >= 4 is 55.0 Å². The molecule has 4 aromatic rings. The van der Waals surface area contributed by atoms with Crippen LogP contribution in [0.5, 0.6) is 17.2 Å². The molecule has 1 heterocycles. The van der Waals surface area contributed by atoms with Gasteiger partial charge < -0.3 is 14.9 Å². The first-order valence-electron chi connectivity index (χ1n) is 13.3. The van der Waals surface area contributed by atoms with Crippen molar-refractivity contribution in [3.63, 3.8) is 0 Å². The Morgan fingerprint density at radius 3 is 2.39 bits per heavy atom. The van der Waals surface area contributed by atoms with E-state index in [2.05, 4.69) is 32.1 Å². The quantitative estimate of drug-likeness (QED) is 0.202. The van der Waals surface area contributed by atoms with Crippen LogP contribution >= 0.6 is 0 Å². The number of sulfone groups is 1. The van der Waals surface area contributed by atoms with E-state index in [9.17, 15) is 23.4 Å². The van der Waals surface area contributed by atoms with Crippen molar-refractivity contribution in [3.8, 4) is 17.2 Å². The summed E-state index contributed by atoms with van der Waals surface area (Å²) in [6, 6.07) is 15.6. The monoisotopic (exact) mass is 612 g/mol. The third-order valence-corrected chi connectivity index (χ3v) is 8.34. The Hall–Kier alpha value is -5.43. The lowest BCUT2D eigenvalue weighted by Crippen LogP contribution is -2.29. The van der Waals surface area contributed by atoms with Crippen molar-refractivity contribution in [1.29, 1.82) is 0 Å². The van der Waals surface area contributed by atoms with Gasteiger partial charge >= 0.3 is 0 Å². The fraction of sp³-hybridized carbons (Fsp3) is 0.161. The number of carbonyl (C=O) groups is 1. The molecule has 0 saturated carbocycles. The molecule has 0 aromatic heterocycles. The van der Waals surface area contributed by atoms with Crippen LogP contribution in [0.4, 0.5) is 22.7 Å². The average molecular weight is 613 g/mol. The molecule has 1 aliphatic heterocycles. The predicted octanol–water partition coefficient (Wildman–Crippen LogP) is 7.08. The number of aryl methyl sites for hydroxylation is 2. The Labute approximate surface area is 253 Å². The van der Waals surface area contributed by atoms with E-state index < -0.39 is 21.6 Å². The normalized spacial score (nSPS) is 15.5. The Bertz CT molecular complexity index is 2020. The third kappa shape index (κ3) is 5.64. The molecule has 0 aliphatic carbocycles. The Morgan fingerprint density at radius 2 is 1.70 bits per heavy atom. The van der Waals surface area contributed by atoms with Crippen LogP contribution in [0.15, 0.2) is 103 Å². The second-order valence-electron chi connectivity index (χ2n) is 10.0. The van der Waals surface area contributed by atoms with E-state index in [1.54, 1.807) is 38.1 Å². The molecular weight excluding hydrogens is 584 g/mol. The van der Waals surface area contributed by atoms with Crippen molar-refractivity contribution in [3.05, 3.63) is 83.8 Å². The number of phenols is 2. The largest absolute Gasteiger partial charge is 0.506 e. The molecule has 0 fully saturated rings. The molecule has 0 radical (unpaired) electrons. The number of fused-ring (bicyclic) bond motifs is 1. The zero-order chi connectivity index (χ0) is 31.8. The molecule has 44 heavy (non-hydrogen) atoms. The highest BCUT2D eigenvalue weighted by molar-refractivity contribution is 7.94. The Balaban J connectivity index is 1.44. The second kappa shape index (κ2) is 11.7. The fourth-order valence-electron chi connectivity index (χ4n) is 4.56. The maximum absolute atomic E-state index is 13.0. The summed E-state index contributed by atoms with van der Waals surface area (Å²) in [4.78, 5) is 12.8. The summed E-state index contributed by atoms with van der Waals surface area (Å²) in [6.07, 6.45) is 0. The lowest BCUT2D eigenvalue weighted by atomic mass is 10.0. The van der Waals surface area contributed by atoms with E-state index in [-0.39, 0.29) is 33.7 Å². The Morgan fingerprint density at radius 1 is 0.977 bits per heavy atom. The van der Waals surface area contributed by atoms with E-state index in [1.165, 1.54) is 18.2 Å². The van der Waals surface area contributed by atoms with Crippen LogP contribution in [0.1, 0.15) is 18.1 Å². The maximum atomic E-state index is 13.0. The predicted molar refractivity (Wildman–Crippen MR) is 167 cm³/mol. The molecule has 224 valence electrons. The van der Waals surface area contributed by atoms with Gasteiger partial charge in [-0.3, -0.25) is 4.79 Å². The van der Waals surface area contributed by atoms with E-state index in [0.717, 1.165) is 17.0 Å². The summed E-state index contributed by atoms with van der Waals surface area (Å²) in [5.41, 5.74) is 3.21. The summed E-state index contributed by atoms with van der Waals surface area (Å²) < 4.78 is 29.7. The first kappa shape index (κ1) is 30.0. The van der Waals surface area contributed by atoms with E-state index >= 15 is 0 Å². The van der Waals surface area contributed by atoms with Gasteiger partial charge in [0, 0.05) is 22.9 Å². The molecule has 13 heteroatoms. The number of hydrazone groups is 1. The number of rotatable bonds is 8. The molecule has 0 bridgehead atoms. The first-order chi connectivity index (χ1) is 20.9. The van der Waals surface area contributed by atoms with Crippen LogP contribution in [-0.4, -0.2) is 43.4 Å². The summed E-state index contributed by atoms with van der Waals surface area (Å²) >= 11 is 0. The second-order valence-corrected chi connectivity index (χ2v) is 11.9. The number of carbonyl (C=O) groups excluding carboxylic acids is 1. The topological polar surface area (TPSA) is 166 Å². The minimum Gasteiger partial charge on any atom is -0.506 e. The highest BCUT2D eigenvalue weighted by Gasteiger charge is 2.34. The van der Waals surface area contributed by atoms with Gasteiger partial charge in [-0.25, -0.2) is 8.42 Å². The lowest BCUT2D eigenvalue weighted by molar-refractivity contribution is -0.117. The zero-order valence-electron chi connectivity index (χ0n) is 24.3. The number of benzene rings is 4. The zero-order valence-corrected chi connectivity index (χ0v) is 25.1. The number of methoxy groups -OCH3 is 1. The van der Waals surface area contributed by atoms with Crippen molar-refractivity contribution < 1.29 is 28.2 Å². The van der Waals surface area contributed by atoms with Crippen LogP contribution in [0.25, 0.3) is 10.8 Å². The SMILES string of the molecule is C=CS(=O)(=O)c1cc(O)c(N=Nc2c(C)cc3ccc(N=NC4C(=O)N(c5ccc(C)cc5)N=C4C)cc3c2O)cc1OC. The van der Waals surface area contributed by atoms with Gasteiger partial charge in [-0.1, -0.05) is 30.3 Å². The number of hydrogen-bond donors (Lipinski definition) is 2. The Kier molecular flexibility index (Phi) is 7.98.